The Balaban J connectivity index is 2.38. The molecule has 7 heteroatoms. The zero-order valence-corrected chi connectivity index (χ0v) is 11.3. The van der Waals surface area contributed by atoms with E-state index in [0.717, 1.165) is 11.8 Å². The number of nitro groups is 1. The molecule has 1 aromatic carbocycles. The van der Waals surface area contributed by atoms with Gasteiger partial charge in [0.05, 0.1) is 10.5 Å². The number of aromatic nitrogens is 1. The second-order valence-corrected chi connectivity index (χ2v) is 5.03. The lowest BCUT2D eigenvalue weighted by molar-refractivity contribution is -0.385. The fraction of sp³-hybridized carbons (Fsp3) is 0.0769. The van der Waals surface area contributed by atoms with E-state index in [-0.39, 0.29) is 11.3 Å². The number of carbonyl (C=O) groups is 1. The van der Waals surface area contributed by atoms with E-state index >= 15 is 0 Å². The maximum absolute atomic E-state index is 11.1. The topological polar surface area (TPSA) is 93.3 Å². The Morgan fingerprint density at radius 3 is 2.75 bits per heavy atom. The van der Waals surface area contributed by atoms with Crippen LogP contribution in [0.15, 0.2) is 46.5 Å². The minimum absolute atomic E-state index is 0.0321. The molecule has 0 spiro atoms. The first-order valence-electron chi connectivity index (χ1n) is 5.60. The van der Waals surface area contributed by atoms with Gasteiger partial charge in [-0.15, -0.1) is 0 Å². The first-order valence-corrected chi connectivity index (χ1v) is 6.42. The molecular formula is C13H10N2O4S. The fourth-order valence-corrected chi connectivity index (χ4v) is 2.51. The lowest BCUT2D eigenvalue weighted by Gasteiger charge is -2.05. The number of hydrogen-bond acceptors (Lipinski definition) is 5. The van der Waals surface area contributed by atoms with Gasteiger partial charge in [-0.1, -0.05) is 23.9 Å². The summed E-state index contributed by atoms with van der Waals surface area (Å²) >= 11 is 1.09. The molecular weight excluding hydrogens is 280 g/mol. The van der Waals surface area contributed by atoms with E-state index in [1.807, 2.05) is 0 Å². The van der Waals surface area contributed by atoms with Gasteiger partial charge in [-0.25, -0.2) is 9.78 Å². The van der Waals surface area contributed by atoms with Gasteiger partial charge in [-0.3, -0.25) is 10.1 Å². The summed E-state index contributed by atoms with van der Waals surface area (Å²) in [6, 6.07) is 7.79. The molecule has 1 aromatic heterocycles. The predicted molar refractivity (Wildman–Crippen MR) is 73.2 cm³/mol. The minimum atomic E-state index is -1.05. The molecule has 0 saturated carbocycles. The predicted octanol–water partition coefficient (Wildman–Crippen LogP) is 3.15. The van der Waals surface area contributed by atoms with Crippen molar-refractivity contribution in [2.45, 2.75) is 16.8 Å². The average Bonchev–Trinajstić information content (AvgIpc) is 2.41. The van der Waals surface area contributed by atoms with Crippen LogP contribution in [-0.2, 0) is 0 Å². The lowest BCUT2D eigenvalue weighted by atomic mass is 10.2. The van der Waals surface area contributed by atoms with Crippen LogP contribution in [0.2, 0.25) is 0 Å². The summed E-state index contributed by atoms with van der Waals surface area (Å²) in [6.45, 7) is 1.60. The third kappa shape index (κ3) is 2.94. The summed E-state index contributed by atoms with van der Waals surface area (Å²) in [5.74, 6) is -1.05. The molecule has 0 unspecified atom stereocenters. The summed E-state index contributed by atoms with van der Waals surface area (Å²) in [5, 5.41) is 20.3. The van der Waals surface area contributed by atoms with Crippen molar-refractivity contribution in [2.75, 3.05) is 0 Å². The van der Waals surface area contributed by atoms with Crippen molar-refractivity contribution in [3.63, 3.8) is 0 Å². The molecule has 0 radical (unpaired) electrons. The fourth-order valence-electron chi connectivity index (χ4n) is 1.59. The molecule has 1 N–H and O–H groups in total. The van der Waals surface area contributed by atoms with Gasteiger partial charge < -0.3 is 5.11 Å². The van der Waals surface area contributed by atoms with Crippen molar-refractivity contribution in [3.8, 4) is 0 Å². The van der Waals surface area contributed by atoms with E-state index in [2.05, 4.69) is 4.98 Å². The zero-order chi connectivity index (χ0) is 14.7. The Kier molecular flexibility index (Phi) is 3.99. The smallest absolute Gasteiger partial charge is 0.336 e. The molecule has 0 aliphatic rings. The van der Waals surface area contributed by atoms with Gasteiger partial charge in [0, 0.05) is 22.7 Å². The van der Waals surface area contributed by atoms with Gasteiger partial charge in [0.2, 0.25) is 0 Å². The normalized spacial score (nSPS) is 10.2. The van der Waals surface area contributed by atoms with Crippen molar-refractivity contribution in [2.24, 2.45) is 0 Å². The number of aromatic carboxylic acids is 1. The van der Waals surface area contributed by atoms with Crippen LogP contribution in [0.3, 0.4) is 0 Å². The SMILES string of the molecule is Cc1cnc(Sc2ccccc2C(=O)O)cc1[N+](=O)[O-]. The van der Waals surface area contributed by atoms with E-state index in [9.17, 15) is 14.9 Å². The molecule has 2 rings (SSSR count). The van der Waals surface area contributed by atoms with Gasteiger partial charge in [0.25, 0.3) is 5.69 Å². The molecule has 0 bridgehead atoms. The van der Waals surface area contributed by atoms with Crippen molar-refractivity contribution in [3.05, 3.63) is 57.8 Å². The third-order valence-corrected chi connectivity index (χ3v) is 3.59. The highest BCUT2D eigenvalue weighted by molar-refractivity contribution is 7.99. The van der Waals surface area contributed by atoms with Crippen LogP contribution in [0.1, 0.15) is 15.9 Å². The average molecular weight is 290 g/mol. The summed E-state index contributed by atoms with van der Waals surface area (Å²) in [4.78, 5) is 26.1. The van der Waals surface area contributed by atoms with Crippen molar-refractivity contribution in [1.29, 1.82) is 0 Å². The van der Waals surface area contributed by atoms with E-state index in [1.54, 1.807) is 25.1 Å². The number of carboxylic acid groups (broad SMARTS) is 1. The molecule has 20 heavy (non-hydrogen) atoms. The van der Waals surface area contributed by atoms with Gasteiger partial charge >= 0.3 is 5.97 Å². The van der Waals surface area contributed by atoms with E-state index in [4.69, 9.17) is 5.11 Å². The van der Waals surface area contributed by atoms with E-state index < -0.39 is 10.9 Å². The standard InChI is InChI=1S/C13H10N2O4S/c1-8-7-14-12(6-10(8)15(18)19)20-11-5-3-2-4-9(11)13(16)17/h2-7H,1H3,(H,16,17). The Morgan fingerprint density at radius 2 is 2.10 bits per heavy atom. The second kappa shape index (κ2) is 5.70. The maximum atomic E-state index is 11.1. The second-order valence-electron chi connectivity index (χ2n) is 3.97. The Morgan fingerprint density at radius 1 is 1.40 bits per heavy atom. The molecule has 0 fully saturated rings. The number of pyridine rings is 1. The van der Waals surface area contributed by atoms with Crippen LogP contribution in [-0.4, -0.2) is 21.0 Å². The van der Waals surface area contributed by atoms with E-state index in [1.165, 1.54) is 18.3 Å². The van der Waals surface area contributed by atoms with Crippen LogP contribution in [0, 0.1) is 17.0 Å². The minimum Gasteiger partial charge on any atom is -0.478 e. The van der Waals surface area contributed by atoms with Crippen molar-refractivity contribution < 1.29 is 14.8 Å². The van der Waals surface area contributed by atoms with Crippen LogP contribution in [0.5, 0.6) is 0 Å². The van der Waals surface area contributed by atoms with E-state index in [0.29, 0.717) is 15.5 Å². The third-order valence-electron chi connectivity index (χ3n) is 2.58. The molecule has 0 amide bonds. The summed E-state index contributed by atoms with van der Waals surface area (Å²) < 4.78 is 0. The zero-order valence-electron chi connectivity index (χ0n) is 10.4. The Hall–Kier alpha value is -2.41. The highest BCUT2D eigenvalue weighted by Crippen LogP contribution is 2.31. The largest absolute Gasteiger partial charge is 0.478 e. The number of nitrogens with zero attached hydrogens (tertiary/aromatic N) is 2. The Bertz CT molecular complexity index is 688. The van der Waals surface area contributed by atoms with Crippen LogP contribution in [0.4, 0.5) is 5.69 Å². The molecule has 6 nitrogen and oxygen atoms in total. The molecule has 1 heterocycles. The van der Waals surface area contributed by atoms with Crippen molar-refractivity contribution in [1.82, 2.24) is 4.98 Å². The summed E-state index contributed by atoms with van der Waals surface area (Å²) in [5.41, 5.74) is 0.573. The van der Waals surface area contributed by atoms with Crippen LogP contribution in [0.25, 0.3) is 0 Å². The number of rotatable bonds is 4. The van der Waals surface area contributed by atoms with Gasteiger partial charge in [0.1, 0.15) is 5.03 Å². The first-order chi connectivity index (χ1) is 9.49. The monoisotopic (exact) mass is 290 g/mol. The first kappa shape index (κ1) is 14.0. The quantitative estimate of drug-likeness (QED) is 0.686. The molecule has 0 atom stereocenters. The summed E-state index contributed by atoms with van der Waals surface area (Å²) in [7, 11) is 0. The van der Waals surface area contributed by atoms with Gasteiger partial charge in [-0.2, -0.15) is 0 Å². The maximum Gasteiger partial charge on any atom is 0.336 e. The molecule has 2 aromatic rings. The summed E-state index contributed by atoms with van der Waals surface area (Å²) in [6.07, 6.45) is 1.41. The van der Waals surface area contributed by atoms with Crippen molar-refractivity contribution >= 4 is 23.4 Å². The molecule has 102 valence electrons. The van der Waals surface area contributed by atoms with Gasteiger partial charge in [0.15, 0.2) is 0 Å². The molecule has 0 aliphatic carbocycles. The van der Waals surface area contributed by atoms with Crippen LogP contribution >= 0.6 is 11.8 Å². The molecule has 0 aliphatic heterocycles. The number of hydrogen-bond donors (Lipinski definition) is 1. The number of aryl methyl sites for hydroxylation is 1. The molecule has 0 saturated heterocycles. The highest BCUT2D eigenvalue weighted by Gasteiger charge is 2.15. The number of benzene rings is 1. The van der Waals surface area contributed by atoms with Crippen LogP contribution < -0.4 is 0 Å². The number of carboxylic acids is 1. The van der Waals surface area contributed by atoms with Gasteiger partial charge in [-0.05, 0) is 19.1 Å². The Labute approximate surface area is 118 Å². The lowest BCUT2D eigenvalue weighted by Crippen LogP contribution is -1.98. The highest BCUT2D eigenvalue weighted by atomic mass is 32.2.